The fourth-order valence-corrected chi connectivity index (χ4v) is 2.18. The van der Waals surface area contributed by atoms with E-state index in [2.05, 4.69) is 22.0 Å². The molecule has 0 spiro atoms. The van der Waals surface area contributed by atoms with Gasteiger partial charge in [-0.1, -0.05) is 33.6 Å². The Morgan fingerprint density at radius 1 is 1.33 bits per heavy atom. The molecule has 15 heavy (non-hydrogen) atoms. The maximum atomic E-state index is 5.91. The monoisotopic (exact) mass is 286 g/mol. The van der Waals surface area contributed by atoms with Crippen LogP contribution in [0.25, 0.3) is 0 Å². The fraction of sp³-hybridized carbons (Fsp3) is 0.333. The van der Waals surface area contributed by atoms with Crippen molar-refractivity contribution in [2.75, 3.05) is 6.61 Å². The van der Waals surface area contributed by atoms with Crippen LogP contribution in [-0.2, 0) is 0 Å². The molecule has 1 aromatic carbocycles. The Labute approximate surface area is 103 Å². The van der Waals surface area contributed by atoms with Crippen LogP contribution in [0.2, 0.25) is 0 Å². The summed E-state index contributed by atoms with van der Waals surface area (Å²) in [6, 6.07) is 7.90. The molecule has 80 valence electrons. The first-order valence-electron chi connectivity index (χ1n) is 4.97. The van der Waals surface area contributed by atoms with Crippen LogP contribution in [0.5, 0.6) is 5.75 Å². The van der Waals surface area contributed by atoms with Gasteiger partial charge in [0.05, 0.1) is 6.61 Å². The summed E-state index contributed by atoms with van der Waals surface area (Å²) in [6.07, 6.45) is 4.07. The second-order valence-electron chi connectivity index (χ2n) is 3.72. The number of ether oxygens (including phenoxy) is 1. The first-order valence-corrected chi connectivity index (χ1v) is 6.14. The molecule has 0 aliphatic heterocycles. The molecular weight excluding hydrogens is 275 g/mol. The summed E-state index contributed by atoms with van der Waals surface area (Å²) in [5.41, 5.74) is 0. The van der Waals surface area contributed by atoms with Crippen LogP contribution in [0.4, 0.5) is 0 Å². The average molecular weight is 288 g/mol. The summed E-state index contributed by atoms with van der Waals surface area (Å²) in [4.78, 5) is 0. The average Bonchev–Trinajstić information content (AvgIpc) is 2.64. The Morgan fingerprint density at radius 2 is 2.07 bits per heavy atom. The third kappa shape index (κ3) is 3.25. The molecule has 0 saturated heterocycles. The van der Waals surface area contributed by atoms with Gasteiger partial charge < -0.3 is 4.74 Å². The van der Waals surface area contributed by atoms with Crippen molar-refractivity contribution in [1.82, 2.24) is 0 Å². The highest BCUT2D eigenvalue weighted by atomic mass is 79.9. The van der Waals surface area contributed by atoms with Crippen LogP contribution >= 0.6 is 27.5 Å². The highest BCUT2D eigenvalue weighted by molar-refractivity contribution is 9.10. The fourth-order valence-electron chi connectivity index (χ4n) is 1.61. The van der Waals surface area contributed by atoms with E-state index in [1.54, 1.807) is 0 Å². The molecule has 0 bridgehead atoms. The minimum absolute atomic E-state index is 0.543. The van der Waals surface area contributed by atoms with E-state index < -0.39 is 0 Å². The molecule has 1 aliphatic rings. The molecule has 0 amide bonds. The normalized spacial score (nSPS) is 20.1. The largest absolute Gasteiger partial charge is 0.493 e. The van der Waals surface area contributed by atoms with Crippen LogP contribution < -0.4 is 4.74 Å². The first kappa shape index (κ1) is 11.0. The number of halogens is 2. The van der Waals surface area contributed by atoms with Crippen molar-refractivity contribution in [2.24, 2.45) is 5.92 Å². The van der Waals surface area contributed by atoms with Crippen LogP contribution in [-0.4, -0.2) is 6.61 Å². The van der Waals surface area contributed by atoms with Gasteiger partial charge in [0.25, 0.3) is 0 Å². The Kier molecular flexibility index (Phi) is 3.71. The molecule has 3 heteroatoms. The van der Waals surface area contributed by atoms with Crippen molar-refractivity contribution in [2.45, 2.75) is 12.8 Å². The number of hydrogen-bond donors (Lipinski definition) is 0. The van der Waals surface area contributed by atoms with E-state index in [9.17, 15) is 0 Å². The highest BCUT2D eigenvalue weighted by Gasteiger charge is 2.16. The van der Waals surface area contributed by atoms with Crippen molar-refractivity contribution in [1.29, 1.82) is 0 Å². The van der Waals surface area contributed by atoms with Gasteiger partial charge in [-0.15, -0.1) is 0 Å². The smallest absolute Gasteiger partial charge is 0.119 e. The van der Waals surface area contributed by atoms with Gasteiger partial charge >= 0.3 is 0 Å². The van der Waals surface area contributed by atoms with Gasteiger partial charge in [-0.2, -0.15) is 0 Å². The number of hydrogen-bond acceptors (Lipinski definition) is 1. The predicted octanol–water partition coefficient (Wildman–Crippen LogP) is 4.36. The number of allylic oxidation sites excluding steroid dienone is 2. The van der Waals surface area contributed by atoms with Gasteiger partial charge in [0.15, 0.2) is 0 Å². The number of benzene rings is 1. The van der Waals surface area contributed by atoms with Gasteiger partial charge in [-0.3, -0.25) is 0 Å². The van der Waals surface area contributed by atoms with Gasteiger partial charge in [0, 0.05) is 15.4 Å². The van der Waals surface area contributed by atoms with Crippen LogP contribution in [0.15, 0.2) is 39.8 Å². The first-order chi connectivity index (χ1) is 7.24. The van der Waals surface area contributed by atoms with Crippen molar-refractivity contribution >= 4 is 27.5 Å². The Morgan fingerprint density at radius 3 is 2.67 bits per heavy atom. The molecule has 1 aliphatic carbocycles. The van der Waals surface area contributed by atoms with Gasteiger partial charge in [-0.05, 0) is 37.1 Å². The highest BCUT2D eigenvalue weighted by Crippen LogP contribution is 2.28. The maximum Gasteiger partial charge on any atom is 0.119 e. The van der Waals surface area contributed by atoms with Crippen molar-refractivity contribution in [3.05, 3.63) is 39.8 Å². The van der Waals surface area contributed by atoms with Crippen molar-refractivity contribution in [3.63, 3.8) is 0 Å². The SMILES string of the molecule is ClC1=CC[C@H](COc2ccc(Br)cc2)C1. The second-order valence-corrected chi connectivity index (χ2v) is 5.12. The lowest BCUT2D eigenvalue weighted by molar-refractivity contribution is 0.256. The van der Waals surface area contributed by atoms with Crippen LogP contribution in [0.3, 0.4) is 0 Å². The summed E-state index contributed by atoms with van der Waals surface area (Å²) in [6.45, 7) is 0.744. The van der Waals surface area contributed by atoms with Gasteiger partial charge in [0.1, 0.15) is 5.75 Å². The van der Waals surface area contributed by atoms with E-state index in [0.717, 1.165) is 34.7 Å². The molecule has 0 radical (unpaired) electrons. The zero-order valence-electron chi connectivity index (χ0n) is 8.25. The van der Waals surface area contributed by atoms with Gasteiger partial charge in [-0.25, -0.2) is 0 Å². The molecule has 1 nitrogen and oxygen atoms in total. The van der Waals surface area contributed by atoms with E-state index in [-0.39, 0.29) is 0 Å². The van der Waals surface area contributed by atoms with E-state index in [1.807, 2.05) is 24.3 Å². The Hall–Kier alpha value is -0.470. The summed E-state index contributed by atoms with van der Waals surface area (Å²) in [5.74, 6) is 1.46. The molecule has 0 N–H and O–H groups in total. The molecular formula is C12H12BrClO. The minimum atomic E-state index is 0.543. The van der Waals surface area contributed by atoms with E-state index in [0.29, 0.717) is 5.92 Å². The lowest BCUT2D eigenvalue weighted by Gasteiger charge is -2.11. The topological polar surface area (TPSA) is 9.23 Å². The summed E-state index contributed by atoms with van der Waals surface area (Å²) in [7, 11) is 0. The minimum Gasteiger partial charge on any atom is -0.493 e. The van der Waals surface area contributed by atoms with Crippen molar-refractivity contribution in [3.8, 4) is 5.75 Å². The quantitative estimate of drug-likeness (QED) is 0.802. The summed E-state index contributed by atoms with van der Waals surface area (Å²) in [5, 5.41) is 0.972. The molecule has 1 aromatic rings. The third-order valence-electron chi connectivity index (χ3n) is 2.46. The maximum absolute atomic E-state index is 5.91. The van der Waals surface area contributed by atoms with E-state index in [1.165, 1.54) is 0 Å². The summed E-state index contributed by atoms with van der Waals surface area (Å²) < 4.78 is 6.75. The molecule has 0 saturated carbocycles. The zero-order chi connectivity index (χ0) is 10.7. The molecule has 0 aromatic heterocycles. The lowest BCUT2D eigenvalue weighted by Crippen LogP contribution is -2.08. The summed E-state index contributed by atoms with van der Waals surface area (Å²) >= 11 is 9.30. The van der Waals surface area contributed by atoms with Crippen LogP contribution in [0, 0.1) is 5.92 Å². The molecule has 1 atom stereocenters. The van der Waals surface area contributed by atoms with Gasteiger partial charge in [0.2, 0.25) is 0 Å². The van der Waals surface area contributed by atoms with E-state index >= 15 is 0 Å². The zero-order valence-corrected chi connectivity index (χ0v) is 10.6. The lowest BCUT2D eigenvalue weighted by atomic mass is 10.1. The van der Waals surface area contributed by atoms with E-state index in [4.69, 9.17) is 16.3 Å². The second kappa shape index (κ2) is 5.04. The Balaban J connectivity index is 1.81. The molecule has 0 fully saturated rings. The third-order valence-corrected chi connectivity index (χ3v) is 3.29. The molecule has 2 rings (SSSR count). The predicted molar refractivity (Wildman–Crippen MR) is 66.3 cm³/mol. The van der Waals surface area contributed by atoms with Crippen molar-refractivity contribution < 1.29 is 4.74 Å². The van der Waals surface area contributed by atoms with Crippen LogP contribution in [0.1, 0.15) is 12.8 Å². The molecule has 0 heterocycles. The number of rotatable bonds is 3. The standard InChI is InChI=1S/C12H12BrClO/c13-10-2-5-12(6-3-10)15-8-9-1-4-11(14)7-9/h2-6,9H,1,7-8H2/t9-/m0/s1. The molecule has 0 unspecified atom stereocenters. The Bertz CT molecular complexity index is 358.